The number of hydrogen-bond acceptors (Lipinski definition) is 5. The zero-order chi connectivity index (χ0) is 21.2. The molecule has 2 aromatic rings. The van der Waals surface area contributed by atoms with E-state index in [0.29, 0.717) is 49.1 Å². The third-order valence-corrected chi connectivity index (χ3v) is 4.53. The average Bonchev–Trinajstić information content (AvgIpc) is 2.73. The second-order valence-electron chi connectivity index (χ2n) is 6.55. The number of aryl methyl sites for hydroxylation is 1. The van der Waals surface area contributed by atoms with Crippen LogP contribution in [0.25, 0.3) is 0 Å². The molecule has 158 valence electrons. The summed E-state index contributed by atoms with van der Waals surface area (Å²) < 4.78 is 21.8. The van der Waals surface area contributed by atoms with E-state index in [4.69, 9.17) is 18.9 Å². The third kappa shape index (κ3) is 6.31. The molecule has 2 rings (SSSR count). The number of rotatable bonds is 11. The van der Waals surface area contributed by atoms with Crippen molar-refractivity contribution >= 4 is 5.91 Å². The van der Waals surface area contributed by atoms with Crippen LogP contribution >= 0.6 is 0 Å². The van der Waals surface area contributed by atoms with Crippen LogP contribution in [0.5, 0.6) is 23.0 Å². The second-order valence-corrected chi connectivity index (χ2v) is 6.55. The van der Waals surface area contributed by atoms with E-state index in [9.17, 15) is 4.79 Å². The van der Waals surface area contributed by atoms with Gasteiger partial charge in [0.15, 0.2) is 23.0 Å². The van der Waals surface area contributed by atoms with Crippen LogP contribution < -0.4 is 24.3 Å². The Morgan fingerprint density at radius 1 is 0.897 bits per heavy atom. The van der Waals surface area contributed by atoms with E-state index in [1.54, 1.807) is 14.2 Å². The van der Waals surface area contributed by atoms with Crippen molar-refractivity contribution in [1.29, 1.82) is 0 Å². The van der Waals surface area contributed by atoms with Gasteiger partial charge in [-0.2, -0.15) is 0 Å². The Morgan fingerprint density at radius 2 is 1.55 bits per heavy atom. The summed E-state index contributed by atoms with van der Waals surface area (Å²) in [5, 5.41) is 3.05. The summed E-state index contributed by atoms with van der Waals surface area (Å²) in [6, 6.07) is 11.3. The molecule has 0 radical (unpaired) electrons. The van der Waals surface area contributed by atoms with Gasteiger partial charge in [0.2, 0.25) is 5.91 Å². The Morgan fingerprint density at radius 3 is 2.21 bits per heavy atom. The highest BCUT2D eigenvalue weighted by Gasteiger charge is 2.14. The first-order valence-corrected chi connectivity index (χ1v) is 9.92. The fourth-order valence-electron chi connectivity index (χ4n) is 3.03. The van der Waals surface area contributed by atoms with Crippen LogP contribution in [0, 0.1) is 0 Å². The molecule has 0 spiro atoms. The average molecular weight is 402 g/mol. The molecule has 0 saturated heterocycles. The molecule has 0 unspecified atom stereocenters. The van der Waals surface area contributed by atoms with Crippen molar-refractivity contribution in [3.05, 3.63) is 47.5 Å². The number of hydrogen-bond donors (Lipinski definition) is 1. The molecule has 1 N–H and O–H groups in total. The van der Waals surface area contributed by atoms with Gasteiger partial charge < -0.3 is 24.3 Å². The second kappa shape index (κ2) is 11.2. The minimum Gasteiger partial charge on any atom is -0.493 e. The maximum absolute atomic E-state index is 12.4. The molecule has 1 atom stereocenters. The van der Waals surface area contributed by atoms with Gasteiger partial charge in [0.25, 0.3) is 0 Å². The molecule has 0 aliphatic heterocycles. The predicted octanol–water partition coefficient (Wildman–Crippen LogP) is 4.31. The zero-order valence-electron chi connectivity index (χ0n) is 17.9. The molecule has 2 aromatic carbocycles. The van der Waals surface area contributed by atoms with Gasteiger partial charge in [-0.05, 0) is 62.6 Å². The number of benzene rings is 2. The summed E-state index contributed by atoms with van der Waals surface area (Å²) in [6.45, 7) is 6.95. The van der Waals surface area contributed by atoms with E-state index in [-0.39, 0.29) is 11.9 Å². The monoisotopic (exact) mass is 401 g/mol. The van der Waals surface area contributed by atoms with Gasteiger partial charge in [-0.15, -0.1) is 0 Å². The highest BCUT2D eigenvalue weighted by Crippen LogP contribution is 2.31. The predicted molar refractivity (Wildman–Crippen MR) is 113 cm³/mol. The molecule has 29 heavy (non-hydrogen) atoms. The number of carbonyl (C=O) groups excluding carboxylic acids is 1. The van der Waals surface area contributed by atoms with Crippen LogP contribution in [0.15, 0.2) is 36.4 Å². The standard InChI is InChI=1S/C23H31NO5/c1-6-28-20-12-10-18(15-22(20)29-7-2)16(3)24-23(25)13-9-17-8-11-19(26-4)21(14-17)27-5/h8,10-12,14-16H,6-7,9,13H2,1-5H3,(H,24,25)/t16-/m1/s1. The summed E-state index contributed by atoms with van der Waals surface area (Å²) in [7, 11) is 3.20. The third-order valence-electron chi connectivity index (χ3n) is 4.53. The molecule has 0 fully saturated rings. The fourth-order valence-corrected chi connectivity index (χ4v) is 3.03. The van der Waals surface area contributed by atoms with Crippen LogP contribution in [0.3, 0.4) is 0 Å². The van der Waals surface area contributed by atoms with Crippen molar-refractivity contribution in [2.45, 2.75) is 39.7 Å². The van der Waals surface area contributed by atoms with Crippen LogP contribution in [0.4, 0.5) is 0 Å². The van der Waals surface area contributed by atoms with Crippen molar-refractivity contribution in [1.82, 2.24) is 5.32 Å². The lowest BCUT2D eigenvalue weighted by Crippen LogP contribution is -2.26. The first kappa shape index (κ1) is 22.4. The summed E-state index contributed by atoms with van der Waals surface area (Å²) in [4.78, 5) is 12.4. The largest absolute Gasteiger partial charge is 0.493 e. The maximum atomic E-state index is 12.4. The lowest BCUT2D eigenvalue weighted by Gasteiger charge is -2.17. The van der Waals surface area contributed by atoms with Crippen molar-refractivity contribution in [2.24, 2.45) is 0 Å². The maximum Gasteiger partial charge on any atom is 0.220 e. The molecule has 6 nitrogen and oxygen atoms in total. The topological polar surface area (TPSA) is 66.0 Å². The highest BCUT2D eigenvalue weighted by molar-refractivity contribution is 5.76. The summed E-state index contributed by atoms with van der Waals surface area (Å²) in [6.07, 6.45) is 1.00. The Kier molecular flexibility index (Phi) is 8.65. The quantitative estimate of drug-likeness (QED) is 0.608. The lowest BCUT2D eigenvalue weighted by atomic mass is 10.1. The summed E-state index contributed by atoms with van der Waals surface area (Å²) >= 11 is 0. The minimum absolute atomic E-state index is 0.0147. The number of nitrogens with one attached hydrogen (secondary N) is 1. The fraction of sp³-hybridized carbons (Fsp3) is 0.435. The van der Waals surface area contributed by atoms with Gasteiger partial charge >= 0.3 is 0 Å². The lowest BCUT2D eigenvalue weighted by molar-refractivity contribution is -0.121. The SMILES string of the molecule is CCOc1ccc([C@@H](C)NC(=O)CCc2ccc(OC)c(OC)c2)cc1OCC. The molecular formula is C23H31NO5. The molecule has 1 amide bonds. The van der Waals surface area contributed by atoms with Gasteiger partial charge in [0.1, 0.15) is 0 Å². The van der Waals surface area contributed by atoms with E-state index in [2.05, 4.69) is 5.32 Å². The number of ether oxygens (including phenoxy) is 4. The normalized spacial score (nSPS) is 11.5. The van der Waals surface area contributed by atoms with Crippen LogP contribution in [0.2, 0.25) is 0 Å². The summed E-state index contributed by atoms with van der Waals surface area (Å²) in [5.74, 6) is 2.73. The van der Waals surface area contributed by atoms with Gasteiger partial charge in [-0.25, -0.2) is 0 Å². The van der Waals surface area contributed by atoms with Crippen molar-refractivity contribution in [2.75, 3.05) is 27.4 Å². The minimum atomic E-state index is -0.136. The van der Waals surface area contributed by atoms with Crippen LogP contribution in [-0.4, -0.2) is 33.3 Å². The molecule has 6 heteroatoms. The van der Waals surface area contributed by atoms with Gasteiger partial charge in [0, 0.05) is 6.42 Å². The van der Waals surface area contributed by atoms with E-state index in [1.807, 2.05) is 57.2 Å². The van der Waals surface area contributed by atoms with Gasteiger partial charge in [-0.3, -0.25) is 4.79 Å². The molecule has 0 bridgehead atoms. The zero-order valence-corrected chi connectivity index (χ0v) is 17.9. The van der Waals surface area contributed by atoms with E-state index in [1.165, 1.54) is 0 Å². The van der Waals surface area contributed by atoms with Gasteiger partial charge in [-0.1, -0.05) is 12.1 Å². The first-order valence-electron chi connectivity index (χ1n) is 9.92. The smallest absolute Gasteiger partial charge is 0.220 e. The van der Waals surface area contributed by atoms with E-state index in [0.717, 1.165) is 11.1 Å². The number of carbonyl (C=O) groups is 1. The molecule has 0 saturated carbocycles. The molecule has 0 heterocycles. The van der Waals surface area contributed by atoms with Crippen molar-refractivity contribution in [3.63, 3.8) is 0 Å². The van der Waals surface area contributed by atoms with Crippen molar-refractivity contribution in [3.8, 4) is 23.0 Å². The molecule has 0 aliphatic rings. The first-order chi connectivity index (χ1) is 14.0. The molecule has 0 aromatic heterocycles. The molecule has 0 aliphatic carbocycles. The Bertz CT molecular complexity index is 806. The van der Waals surface area contributed by atoms with E-state index >= 15 is 0 Å². The number of methoxy groups -OCH3 is 2. The van der Waals surface area contributed by atoms with E-state index < -0.39 is 0 Å². The Hall–Kier alpha value is -2.89. The Labute approximate surface area is 173 Å². The number of amides is 1. The van der Waals surface area contributed by atoms with Crippen LogP contribution in [0.1, 0.15) is 44.4 Å². The summed E-state index contributed by atoms with van der Waals surface area (Å²) in [5.41, 5.74) is 1.99. The van der Waals surface area contributed by atoms with Crippen molar-refractivity contribution < 1.29 is 23.7 Å². The Balaban J connectivity index is 1.97. The highest BCUT2D eigenvalue weighted by atomic mass is 16.5. The van der Waals surface area contributed by atoms with Gasteiger partial charge in [0.05, 0.1) is 33.5 Å². The molecular weight excluding hydrogens is 370 g/mol. The van der Waals surface area contributed by atoms with Crippen LogP contribution in [-0.2, 0) is 11.2 Å².